The van der Waals surface area contributed by atoms with Crippen LogP contribution >= 0.6 is 0 Å². The number of anilines is 1. The van der Waals surface area contributed by atoms with Gasteiger partial charge in [-0.25, -0.2) is 0 Å². The summed E-state index contributed by atoms with van der Waals surface area (Å²) < 4.78 is 0. The SMILES string of the molecule is CCN(CC1CC1)[C@@H]1C(=O)c2ccc(NC(CO)CO)cc2[C@@](C)(CC)[C@H]1C. The van der Waals surface area contributed by atoms with Gasteiger partial charge in [-0.2, -0.15) is 0 Å². The van der Waals surface area contributed by atoms with E-state index >= 15 is 0 Å². The topological polar surface area (TPSA) is 72.8 Å². The van der Waals surface area contributed by atoms with Crippen LogP contribution in [0.2, 0.25) is 0 Å². The van der Waals surface area contributed by atoms with Gasteiger partial charge in [0.25, 0.3) is 0 Å². The van der Waals surface area contributed by atoms with Crippen molar-refractivity contribution in [2.24, 2.45) is 11.8 Å². The van der Waals surface area contributed by atoms with Crippen molar-refractivity contribution in [3.8, 4) is 0 Å². The first kappa shape index (κ1) is 21.3. The molecule has 3 N–H and O–H groups in total. The maximum Gasteiger partial charge on any atom is 0.180 e. The Morgan fingerprint density at radius 1 is 1.25 bits per heavy atom. The second-order valence-electron chi connectivity index (χ2n) is 8.87. The third-order valence-electron chi connectivity index (χ3n) is 7.18. The molecular weight excluding hydrogens is 352 g/mol. The molecule has 3 rings (SSSR count). The number of carbonyl (C=O) groups is 1. The molecule has 2 aliphatic carbocycles. The number of aliphatic hydroxyl groups is 2. The molecule has 0 spiro atoms. The average Bonchev–Trinajstić information content (AvgIpc) is 3.53. The van der Waals surface area contributed by atoms with Gasteiger partial charge in [-0.15, -0.1) is 0 Å². The fraction of sp³-hybridized carbons (Fsp3) is 0.696. The summed E-state index contributed by atoms with van der Waals surface area (Å²) in [5.41, 5.74) is 2.66. The number of nitrogens with one attached hydrogen (secondary N) is 1. The molecule has 1 aromatic carbocycles. The van der Waals surface area contributed by atoms with Crippen LogP contribution in [-0.4, -0.2) is 59.3 Å². The van der Waals surface area contributed by atoms with E-state index in [0.717, 1.165) is 42.2 Å². The van der Waals surface area contributed by atoms with Gasteiger partial charge < -0.3 is 15.5 Å². The standard InChI is InChI=1S/C23H36N2O3/c1-5-23(4)15(3)21(25(6-2)12-16-7-8-16)22(28)19-10-9-17(11-20(19)23)24-18(13-26)14-27/h9-11,15-16,18,21,24,26-27H,5-8,12-14H2,1-4H3/t15-,21-,23-/m0/s1. The zero-order valence-electron chi connectivity index (χ0n) is 17.7. The highest BCUT2D eigenvalue weighted by Crippen LogP contribution is 2.46. The van der Waals surface area contributed by atoms with Crippen molar-refractivity contribution in [2.45, 2.75) is 64.5 Å². The molecule has 0 amide bonds. The molecule has 0 bridgehead atoms. The summed E-state index contributed by atoms with van der Waals surface area (Å²) in [5, 5.41) is 21.9. The largest absolute Gasteiger partial charge is 0.394 e. The Morgan fingerprint density at radius 2 is 1.93 bits per heavy atom. The molecule has 0 aliphatic heterocycles. The number of nitrogens with zero attached hydrogens (tertiary/aromatic N) is 1. The molecule has 3 atom stereocenters. The Morgan fingerprint density at radius 3 is 2.46 bits per heavy atom. The van der Waals surface area contributed by atoms with Crippen LogP contribution in [0.4, 0.5) is 5.69 Å². The first-order valence-electron chi connectivity index (χ1n) is 10.8. The van der Waals surface area contributed by atoms with Crippen LogP contribution in [-0.2, 0) is 5.41 Å². The maximum absolute atomic E-state index is 13.5. The number of aliphatic hydroxyl groups excluding tert-OH is 2. The highest BCUT2D eigenvalue weighted by atomic mass is 16.3. The normalized spacial score (nSPS) is 27.4. The lowest BCUT2D eigenvalue weighted by molar-refractivity contribution is 0.0567. The molecule has 28 heavy (non-hydrogen) atoms. The van der Waals surface area contributed by atoms with Crippen LogP contribution in [0.1, 0.15) is 62.9 Å². The Kier molecular flexibility index (Phi) is 6.47. The molecule has 0 radical (unpaired) electrons. The van der Waals surface area contributed by atoms with Gasteiger partial charge in [0.2, 0.25) is 0 Å². The summed E-state index contributed by atoms with van der Waals surface area (Å²) in [6.45, 7) is 10.5. The molecule has 0 heterocycles. The number of hydrogen-bond donors (Lipinski definition) is 3. The van der Waals surface area contributed by atoms with Gasteiger partial charge in [0.15, 0.2) is 5.78 Å². The number of hydrogen-bond acceptors (Lipinski definition) is 5. The second kappa shape index (κ2) is 8.52. The van der Waals surface area contributed by atoms with E-state index in [1.165, 1.54) is 12.8 Å². The van der Waals surface area contributed by atoms with Gasteiger partial charge in [-0.05, 0) is 66.8 Å². The fourth-order valence-electron chi connectivity index (χ4n) is 4.75. The summed E-state index contributed by atoms with van der Waals surface area (Å²) in [5.74, 6) is 1.22. The number of benzene rings is 1. The van der Waals surface area contributed by atoms with Gasteiger partial charge >= 0.3 is 0 Å². The van der Waals surface area contributed by atoms with Crippen molar-refractivity contribution in [3.63, 3.8) is 0 Å². The first-order chi connectivity index (χ1) is 13.4. The summed E-state index contributed by atoms with van der Waals surface area (Å²) >= 11 is 0. The van der Waals surface area contributed by atoms with E-state index in [1.54, 1.807) is 0 Å². The molecule has 2 aliphatic rings. The quantitative estimate of drug-likeness (QED) is 0.606. The minimum absolute atomic E-state index is 0.0653. The molecular formula is C23H36N2O3. The summed E-state index contributed by atoms with van der Waals surface area (Å²) in [7, 11) is 0. The number of Topliss-reactive ketones (excluding diaryl/α,β-unsaturated/α-hetero) is 1. The lowest BCUT2D eigenvalue weighted by atomic mass is 9.61. The van der Waals surface area contributed by atoms with Crippen LogP contribution < -0.4 is 5.32 Å². The van der Waals surface area contributed by atoms with Gasteiger partial charge in [0.1, 0.15) is 0 Å². The van der Waals surface area contributed by atoms with Gasteiger partial charge in [-0.1, -0.05) is 27.7 Å². The number of ketones is 1. The van der Waals surface area contributed by atoms with Crippen LogP contribution in [0, 0.1) is 11.8 Å². The zero-order valence-corrected chi connectivity index (χ0v) is 17.7. The zero-order chi connectivity index (χ0) is 20.5. The summed E-state index contributed by atoms with van der Waals surface area (Å²) in [6, 6.07) is 5.42. The number of carbonyl (C=O) groups excluding carboxylic acids is 1. The van der Waals surface area contributed by atoms with Crippen LogP contribution in [0.15, 0.2) is 18.2 Å². The number of fused-ring (bicyclic) bond motifs is 1. The van der Waals surface area contributed by atoms with Crippen molar-refractivity contribution >= 4 is 11.5 Å². The average molecular weight is 389 g/mol. The molecule has 0 unspecified atom stereocenters. The van der Waals surface area contributed by atoms with Gasteiger partial charge in [0.05, 0.1) is 25.3 Å². The lowest BCUT2D eigenvalue weighted by Gasteiger charge is -2.48. The second-order valence-corrected chi connectivity index (χ2v) is 8.87. The van der Waals surface area contributed by atoms with E-state index in [0.29, 0.717) is 0 Å². The lowest BCUT2D eigenvalue weighted by Crippen LogP contribution is -2.55. The van der Waals surface area contributed by atoms with E-state index in [1.807, 2.05) is 12.1 Å². The Labute approximate surface area is 169 Å². The summed E-state index contributed by atoms with van der Waals surface area (Å²) in [4.78, 5) is 15.9. The minimum Gasteiger partial charge on any atom is -0.394 e. The Hall–Kier alpha value is -1.43. The monoisotopic (exact) mass is 388 g/mol. The third-order valence-corrected chi connectivity index (χ3v) is 7.18. The fourth-order valence-corrected chi connectivity index (χ4v) is 4.75. The third kappa shape index (κ3) is 3.85. The maximum atomic E-state index is 13.5. The first-order valence-corrected chi connectivity index (χ1v) is 10.8. The smallest absolute Gasteiger partial charge is 0.180 e. The molecule has 0 aromatic heterocycles. The minimum atomic E-state index is -0.399. The molecule has 1 fully saturated rings. The highest BCUT2D eigenvalue weighted by Gasteiger charge is 2.48. The van der Waals surface area contributed by atoms with Crippen molar-refractivity contribution in [3.05, 3.63) is 29.3 Å². The molecule has 5 nitrogen and oxygen atoms in total. The molecule has 1 saturated carbocycles. The molecule has 1 aromatic rings. The molecule has 5 heteroatoms. The van der Waals surface area contributed by atoms with E-state index in [9.17, 15) is 15.0 Å². The van der Waals surface area contributed by atoms with E-state index in [2.05, 4.69) is 44.0 Å². The van der Waals surface area contributed by atoms with Crippen LogP contribution in [0.3, 0.4) is 0 Å². The predicted octanol–water partition coefficient (Wildman–Crippen LogP) is 3.05. The number of rotatable bonds is 9. The summed E-state index contributed by atoms with van der Waals surface area (Å²) in [6.07, 6.45) is 3.54. The molecule has 0 saturated heterocycles. The van der Waals surface area contributed by atoms with Gasteiger partial charge in [-0.3, -0.25) is 9.69 Å². The van der Waals surface area contributed by atoms with Crippen molar-refractivity contribution < 1.29 is 15.0 Å². The van der Waals surface area contributed by atoms with E-state index in [4.69, 9.17) is 0 Å². The van der Waals surface area contributed by atoms with Crippen molar-refractivity contribution in [1.29, 1.82) is 0 Å². The Bertz CT molecular complexity index is 699. The van der Waals surface area contributed by atoms with Crippen LogP contribution in [0.25, 0.3) is 0 Å². The Balaban J connectivity index is 1.98. The van der Waals surface area contributed by atoms with E-state index < -0.39 is 6.04 Å². The number of likely N-dealkylation sites (N-methyl/N-ethyl adjacent to an activating group) is 1. The van der Waals surface area contributed by atoms with Crippen molar-refractivity contribution in [1.82, 2.24) is 4.90 Å². The van der Waals surface area contributed by atoms with Gasteiger partial charge in [0, 0.05) is 17.8 Å². The predicted molar refractivity (Wildman–Crippen MR) is 113 cm³/mol. The molecule has 156 valence electrons. The van der Waals surface area contributed by atoms with E-state index in [-0.39, 0.29) is 36.4 Å². The van der Waals surface area contributed by atoms with Crippen LogP contribution in [0.5, 0.6) is 0 Å². The van der Waals surface area contributed by atoms with Crippen molar-refractivity contribution in [2.75, 3.05) is 31.6 Å². The highest BCUT2D eigenvalue weighted by molar-refractivity contribution is 6.03.